The van der Waals surface area contributed by atoms with Gasteiger partial charge in [0.05, 0.1) is 0 Å². The molecule has 5 rings (SSSR count). The van der Waals surface area contributed by atoms with Gasteiger partial charge in [-0.3, -0.25) is 4.79 Å². The SMILES string of the molecule is Cn1nnc(-c2nnc(SCCCN3C[C@@H]4CC4(c4ccc(Br)cc4)C3)n2C)c1Cl.O=CO. The summed E-state index contributed by atoms with van der Waals surface area (Å²) < 4.78 is 4.62. The maximum atomic E-state index is 8.36. The van der Waals surface area contributed by atoms with Crippen molar-refractivity contribution in [3.63, 3.8) is 0 Å². The lowest BCUT2D eigenvalue weighted by atomic mass is 9.95. The molecule has 0 bridgehead atoms. The van der Waals surface area contributed by atoms with E-state index in [-0.39, 0.29) is 6.47 Å². The molecule has 1 N–H and O–H groups in total. The van der Waals surface area contributed by atoms with Gasteiger partial charge in [-0.25, -0.2) is 4.68 Å². The van der Waals surface area contributed by atoms with E-state index in [2.05, 4.69) is 65.6 Å². The zero-order valence-corrected chi connectivity index (χ0v) is 21.5. The number of rotatable bonds is 7. The van der Waals surface area contributed by atoms with Crippen LogP contribution in [-0.2, 0) is 24.3 Å². The Morgan fingerprint density at radius 1 is 1.27 bits per heavy atom. The van der Waals surface area contributed by atoms with Crippen LogP contribution in [0.15, 0.2) is 33.9 Å². The van der Waals surface area contributed by atoms with Crippen LogP contribution in [-0.4, -0.2) is 71.6 Å². The number of hydrogen-bond acceptors (Lipinski definition) is 7. The molecule has 2 aliphatic rings. The van der Waals surface area contributed by atoms with E-state index in [1.54, 1.807) is 18.8 Å². The molecule has 1 saturated carbocycles. The van der Waals surface area contributed by atoms with Gasteiger partial charge in [-0.15, -0.1) is 15.3 Å². The largest absolute Gasteiger partial charge is 0.483 e. The molecule has 3 heterocycles. The molecule has 9 nitrogen and oxygen atoms in total. The van der Waals surface area contributed by atoms with E-state index < -0.39 is 0 Å². The number of carboxylic acid groups (broad SMARTS) is 1. The summed E-state index contributed by atoms with van der Waals surface area (Å²) in [7, 11) is 3.70. The Kier molecular flexibility index (Phi) is 7.42. The minimum atomic E-state index is -0.250. The smallest absolute Gasteiger partial charge is 0.290 e. The average Bonchev–Trinajstić information content (AvgIpc) is 3.03. The maximum absolute atomic E-state index is 8.36. The topological polar surface area (TPSA) is 102 Å². The third-order valence-corrected chi connectivity index (χ3v) is 8.35. The number of benzene rings is 1. The van der Waals surface area contributed by atoms with Crippen LogP contribution in [0.1, 0.15) is 18.4 Å². The number of likely N-dealkylation sites (tertiary alicyclic amines) is 1. The summed E-state index contributed by atoms with van der Waals surface area (Å²) in [5.41, 5.74) is 2.47. The van der Waals surface area contributed by atoms with Crippen molar-refractivity contribution in [3.8, 4) is 11.5 Å². The van der Waals surface area contributed by atoms with Crippen molar-refractivity contribution in [1.29, 1.82) is 0 Å². The fraction of sp³-hybridized carbons (Fsp3) is 0.476. The first kappa shape index (κ1) is 24.2. The van der Waals surface area contributed by atoms with Gasteiger partial charge in [0.25, 0.3) is 6.47 Å². The Morgan fingerprint density at radius 2 is 2.00 bits per heavy atom. The average molecular weight is 555 g/mol. The summed E-state index contributed by atoms with van der Waals surface area (Å²) >= 11 is 11.5. The predicted molar refractivity (Wildman–Crippen MR) is 130 cm³/mol. The molecular weight excluding hydrogens is 530 g/mol. The van der Waals surface area contributed by atoms with E-state index in [0.29, 0.717) is 22.1 Å². The summed E-state index contributed by atoms with van der Waals surface area (Å²) in [6.07, 6.45) is 2.47. The van der Waals surface area contributed by atoms with Crippen LogP contribution < -0.4 is 0 Å². The minimum Gasteiger partial charge on any atom is -0.483 e. The molecule has 0 amide bonds. The summed E-state index contributed by atoms with van der Waals surface area (Å²) in [6.45, 7) is 3.28. The summed E-state index contributed by atoms with van der Waals surface area (Å²) in [4.78, 5) is 11.0. The molecule has 1 unspecified atom stereocenters. The second kappa shape index (κ2) is 10.1. The Hall–Kier alpha value is -1.95. The predicted octanol–water partition coefficient (Wildman–Crippen LogP) is 3.48. The minimum absolute atomic E-state index is 0.250. The van der Waals surface area contributed by atoms with Crippen LogP contribution in [0.5, 0.6) is 0 Å². The zero-order valence-electron chi connectivity index (χ0n) is 18.4. The Bertz CT molecular complexity index is 1120. The van der Waals surface area contributed by atoms with Gasteiger partial charge < -0.3 is 14.6 Å². The van der Waals surface area contributed by atoms with Crippen molar-refractivity contribution in [2.24, 2.45) is 20.0 Å². The van der Waals surface area contributed by atoms with E-state index in [1.807, 2.05) is 11.6 Å². The maximum Gasteiger partial charge on any atom is 0.290 e. The highest BCUT2D eigenvalue weighted by Gasteiger charge is 2.60. The Morgan fingerprint density at radius 3 is 2.67 bits per heavy atom. The van der Waals surface area contributed by atoms with Crippen LogP contribution in [0.4, 0.5) is 0 Å². The quantitative estimate of drug-likeness (QED) is 0.269. The number of fused-ring (bicyclic) bond motifs is 1. The lowest BCUT2D eigenvalue weighted by Gasteiger charge is -2.21. The van der Waals surface area contributed by atoms with Crippen molar-refractivity contribution in [1.82, 2.24) is 34.7 Å². The highest BCUT2D eigenvalue weighted by molar-refractivity contribution is 9.10. The molecule has 33 heavy (non-hydrogen) atoms. The molecule has 1 saturated heterocycles. The standard InChI is InChI=1S/C20H23BrClN7S.CH2O2/c1-27-18(16-17(22)28(2)26-23-16)24-25-19(27)30-9-3-8-29-11-14-10-20(14,12-29)13-4-6-15(21)7-5-13;2-1-3/h4-7,14H,3,8-12H2,1-2H3;1H,(H,2,3)/t14-,20?;/m0./s1. The third-order valence-electron chi connectivity index (χ3n) is 6.29. The summed E-state index contributed by atoms with van der Waals surface area (Å²) in [5.74, 6) is 2.48. The van der Waals surface area contributed by atoms with Crippen LogP contribution in [0, 0.1) is 5.92 Å². The molecule has 2 atom stereocenters. The fourth-order valence-electron chi connectivity index (χ4n) is 4.57. The number of aromatic nitrogens is 6. The van der Waals surface area contributed by atoms with Crippen LogP contribution in [0.3, 0.4) is 0 Å². The monoisotopic (exact) mass is 553 g/mol. The van der Waals surface area contributed by atoms with Gasteiger partial charge in [0.15, 0.2) is 21.8 Å². The summed E-state index contributed by atoms with van der Waals surface area (Å²) in [5, 5.41) is 24.8. The third kappa shape index (κ3) is 4.96. The Labute approximate surface area is 209 Å². The van der Waals surface area contributed by atoms with Crippen molar-refractivity contribution in [2.45, 2.75) is 23.4 Å². The van der Waals surface area contributed by atoms with E-state index in [9.17, 15) is 0 Å². The van der Waals surface area contributed by atoms with E-state index in [1.165, 1.54) is 29.8 Å². The lowest BCUT2D eigenvalue weighted by Crippen LogP contribution is -2.27. The summed E-state index contributed by atoms with van der Waals surface area (Å²) in [6, 6.07) is 8.92. The number of nitrogens with zero attached hydrogens (tertiary/aromatic N) is 7. The van der Waals surface area contributed by atoms with Crippen molar-refractivity contribution >= 4 is 45.8 Å². The van der Waals surface area contributed by atoms with Crippen molar-refractivity contribution in [3.05, 3.63) is 39.5 Å². The lowest BCUT2D eigenvalue weighted by molar-refractivity contribution is -0.122. The highest BCUT2D eigenvalue weighted by Crippen LogP contribution is 2.59. The van der Waals surface area contributed by atoms with Gasteiger partial charge in [-0.1, -0.05) is 56.6 Å². The molecule has 1 aliphatic carbocycles. The molecule has 3 aromatic rings. The fourth-order valence-corrected chi connectivity index (χ4v) is 5.82. The van der Waals surface area contributed by atoms with Gasteiger partial charge in [-0.05, 0) is 43.0 Å². The van der Waals surface area contributed by atoms with Crippen molar-refractivity contribution in [2.75, 3.05) is 25.4 Å². The molecule has 1 aromatic carbocycles. The molecule has 0 spiro atoms. The second-order valence-corrected chi connectivity index (χ2v) is 10.7. The molecule has 176 valence electrons. The highest BCUT2D eigenvalue weighted by atomic mass is 79.9. The molecule has 2 fully saturated rings. The normalized spacial score (nSPS) is 21.4. The first-order valence-corrected chi connectivity index (χ1v) is 12.7. The molecule has 1 aliphatic heterocycles. The number of piperidine rings is 1. The first-order valence-electron chi connectivity index (χ1n) is 10.5. The van der Waals surface area contributed by atoms with Crippen molar-refractivity contribution < 1.29 is 9.90 Å². The van der Waals surface area contributed by atoms with E-state index in [0.717, 1.165) is 34.3 Å². The van der Waals surface area contributed by atoms with Gasteiger partial charge in [0.2, 0.25) is 0 Å². The molecule has 0 radical (unpaired) electrons. The van der Waals surface area contributed by atoms with Gasteiger partial charge in [0, 0.05) is 42.8 Å². The number of carbonyl (C=O) groups is 1. The molecule has 2 aromatic heterocycles. The first-order chi connectivity index (χ1) is 15.9. The Balaban J connectivity index is 0.000000821. The number of hydrogen-bond donors (Lipinski definition) is 1. The van der Waals surface area contributed by atoms with Crippen LogP contribution in [0.2, 0.25) is 5.15 Å². The molecule has 12 heteroatoms. The number of halogens is 2. The zero-order chi connectivity index (χ0) is 23.6. The van der Waals surface area contributed by atoms with E-state index in [4.69, 9.17) is 21.5 Å². The second-order valence-electron chi connectivity index (χ2n) is 8.32. The van der Waals surface area contributed by atoms with Gasteiger partial charge >= 0.3 is 0 Å². The van der Waals surface area contributed by atoms with E-state index >= 15 is 0 Å². The number of aryl methyl sites for hydroxylation is 1. The number of thioether (sulfide) groups is 1. The van der Waals surface area contributed by atoms with Gasteiger partial charge in [0.1, 0.15) is 0 Å². The van der Waals surface area contributed by atoms with Crippen LogP contribution in [0.25, 0.3) is 11.5 Å². The molecular formula is C21H25BrClN7O2S. The van der Waals surface area contributed by atoms with Crippen LogP contribution >= 0.6 is 39.3 Å². The van der Waals surface area contributed by atoms with Gasteiger partial charge in [-0.2, -0.15) is 0 Å².